The van der Waals surface area contributed by atoms with Gasteiger partial charge < -0.3 is 15.6 Å². The predicted octanol–water partition coefficient (Wildman–Crippen LogP) is -0.426. The quantitative estimate of drug-likeness (QED) is 0.708. The normalized spacial score (nSPS) is 18.9. The third kappa shape index (κ3) is 4.43. The Kier molecular flexibility index (Phi) is 9.65. The number of halogens is 2. The fraction of sp³-hybridized carbons (Fsp3) is 0.857. The van der Waals surface area contributed by atoms with Gasteiger partial charge in [0.15, 0.2) is 0 Å². The third-order valence-corrected chi connectivity index (χ3v) is 1.99. The fourth-order valence-electron chi connectivity index (χ4n) is 1.30. The SMILES string of the molecule is Cl.Cl.NC[C@@H](C(=O)O)N1CCOCC1. The van der Waals surface area contributed by atoms with E-state index in [1.807, 2.05) is 4.90 Å². The van der Waals surface area contributed by atoms with Gasteiger partial charge >= 0.3 is 5.97 Å². The molecule has 1 aliphatic heterocycles. The molecule has 1 aliphatic rings. The van der Waals surface area contributed by atoms with E-state index >= 15 is 0 Å². The number of hydrogen-bond acceptors (Lipinski definition) is 4. The molecule has 14 heavy (non-hydrogen) atoms. The van der Waals surface area contributed by atoms with Gasteiger partial charge in [0.05, 0.1) is 13.2 Å². The summed E-state index contributed by atoms with van der Waals surface area (Å²) in [4.78, 5) is 12.5. The summed E-state index contributed by atoms with van der Waals surface area (Å²) in [6.07, 6.45) is 0. The first-order valence-corrected chi connectivity index (χ1v) is 4.00. The summed E-state index contributed by atoms with van der Waals surface area (Å²) < 4.78 is 5.10. The maximum Gasteiger partial charge on any atom is 0.322 e. The van der Waals surface area contributed by atoms with Gasteiger partial charge in [-0.2, -0.15) is 0 Å². The van der Waals surface area contributed by atoms with Crippen molar-refractivity contribution in [3.05, 3.63) is 0 Å². The lowest BCUT2D eigenvalue weighted by Crippen LogP contribution is -2.50. The number of carboxylic acid groups (broad SMARTS) is 1. The van der Waals surface area contributed by atoms with Crippen molar-refractivity contribution in [1.82, 2.24) is 4.90 Å². The number of nitrogens with zero attached hydrogens (tertiary/aromatic N) is 1. The monoisotopic (exact) mass is 246 g/mol. The Morgan fingerprint density at radius 1 is 1.43 bits per heavy atom. The van der Waals surface area contributed by atoms with Gasteiger partial charge in [-0.15, -0.1) is 24.8 Å². The van der Waals surface area contributed by atoms with Crippen molar-refractivity contribution >= 4 is 30.8 Å². The highest BCUT2D eigenvalue weighted by atomic mass is 35.5. The Morgan fingerprint density at radius 3 is 2.29 bits per heavy atom. The molecule has 0 bridgehead atoms. The first kappa shape index (κ1) is 16.4. The van der Waals surface area contributed by atoms with E-state index < -0.39 is 12.0 Å². The second-order valence-electron chi connectivity index (χ2n) is 2.74. The molecule has 0 amide bonds. The van der Waals surface area contributed by atoms with E-state index in [0.717, 1.165) is 0 Å². The molecule has 1 saturated heterocycles. The van der Waals surface area contributed by atoms with Gasteiger partial charge in [-0.1, -0.05) is 0 Å². The van der Waals surface area contributed by atoms with Crippen LogP contribution in [-0.2, 0) is 9.53 Å². The van der Waals surface area contributed by atoms with Crippen LogP contribution in [0, 0.1) is 0 Å². The minimum Gasteiger partial charge on any atom is -0.480 e. The van der Waals surface area contributed by atoms with Crippen LogP contribution in [0.15, 0.2) is 0 Å². The van der Waals surface area contributed by atoms with Crippen LogP contribution in [0.4, 0.5) is 0 Å². The lowest BCUT2D eigenvalue weighted by Gasteiger charge is -2.30. The minimum atomic E-state index is -0.848. The first-order chi connectivity index (χ1) is 5.75. The summed E-state index contributed by atoms with van der Waals surface area (Å²) in [7, 11) is 0. The summed E-state index contributed by atoms with van der Waals surface area (Å²) >= 11 is 0. The fourth-order valence-corrected chi connectivity index (χ4v) is 1.30. The molecule has 0 spiro atoms. The van der Waals surface area contributed by atoms with Crippen LogP contribution in [0.1, 0.15) is 0 Å². The average Bonchev–Trinajstić information content (AvgIpc) is 2.07. The number of carbonyl (C=O) groups is 1. The average molecular weight is 247 g/mol. The summed E-state index contributed by atoms with van der Waals surface area (Å²) in [6.45, 7) is 2.69. The molecule has 1 atom stereocenters. The van der Waals surface area contributed by atoms with Crippen molar-refractivity contribution in [2.45, 2.75) is 6.04 Å². The number of rotatable bonds is 3. The van der Waals surface area contributed by atoms with E-state index in [-0.39, 0.29) is 31.4 Å². The van der Waals surface area contributed by atoms with E-state index in [2.05, 4.69) is 0 Å². The van der Waals surface area contributed by atoms with Crippen molar-refractivity contribution in [3.8, 4) is 0 Å². The number of aliphatic carboxylic acids is 1. The zero-order valence-corrected chi connectivity index (χ0v) is 9.35. The van der Waals surface area contributed by atoms with Gasteiger partial charge in [0.2, 0.25) is 0 Å². The van der Waals surface area contributed by atoms with E-state index in [9.17, 15) is 4.79 Å². The van der Waals surface area contributed by atoms with Gasteiger partial charge in [0.1, 0.15) is 6.04 Å². The summed E-state index contributed by atoms with van der Waals surface area (Å²) in [5.74, 6) is -0.848. The van der Waals surface area contributed by atoms with Crippen LogP contribution in [0.25, 0.3) is 0 Å². The molecule has 0 saturated carbocycles. The number of nitrogens with two attached hydrogens (primary N) is 1. The predicted molar refractivity (Wildman–Crippen MR) is 57.4 cm³/mol. The number of hydrogen-bond donors (Lipinski definition) is 2. The maximum absolute atomic E-state index is 10.7. The second-order valence-corrected chi connectivity index (χ2v) is 2.74. The van der Waals surface area contributed by atoms with E-state index in [1.165, 1.54) is 0 Å². The van der Waals surface area contributed by atoms with Gasteiger partial charge in [0, 0.05) is 19.6 Å². The molecule has 0 aromatic rings. The highest BCUT2D eigenvalue weighted by Gasteiger charge is 2.25. The molecular formula is C7H16Cl2N2O3. The minimum absolute atomic E-state index is 0. The lowest BCUT2D eigenvalue weighted by molar-refractivity contribution is -0.144. The van der Waals surface area contributed by atoms with Gasteiger partial charge in [0.25, 0.3) is 0 Å². The largest absolute Gasteiger partial charge is 0.480 e. The van der Waals surface area contributed by atoms with Crippen molar-refractivity contribution in [2.24, 2.45) is 5.73 Å². The molecule has 86 valence electrons. The van der Waals surface area contributed by atoms with Crippen molar-refractivity contribution in [3.63, 3.8) is 0 Å². The van der Waals surface area contributed by atoms with Crippen LogP contribution in [0.3, 0.4) is 0 Å². The molecule has 1 heterocycles. The molecule has 0 unspecified atom stereocenters. The summed E-state index contributed by atoms with van der Waals surface area (Å²) in [6, 6.07) is -0.547. The van der Waals surface area contributed by atoms with E-state index in [1.54, 1.807) is 0 Å². The zero-order valence-electron chi connectivity index (χ0n) is 7.72. The maximum atomic E-state index is 10.7. The van der Waals surface area contributed by atoms with E-state index in [4.69, 9.17) is 15.6 Å². The Balaban J connectivity index is 0. The third-order valence-electron chi connectivity index (χ3n) is 1.99. The first-order valence-electron chi connectivity index (χ1n) is 4.00. The molecule has 3 N–H and O–H groups in total. The van der Waals surface area contributed by atoms with Crippen LogP contribution >= 0.6 is 24.8 Å². The Morgan fingerprint density at radius 2 is 1.93 bits per heavy atom. The Bertz CT molecular complexity index is 165. The van der Waals surface area contributed by atoms with Gasteiger partial charge in [-0.05, 0) is 0 Å². The summed E-state index contributed by atoms with van der Waals surface area (Å²) in [5.41, 5.74) is 5.34. The van der Waals surface area contributed by atoms with Gasteiger partial charge in [-0.25, -0.2) is 0 Å². The van der Waals surface area contributed by atoms with Crippen LogP contribution in [0.2, 0.25) is 0 Å². The summed E-state index contributed by atoms with van der Waals surface area (Å²) in [5, 5.41) is 8.76. The molecule has 0 aromatic heterocycles. The van der Waals surface area contributed by atoms with Crippen LogP contribution < -0.4 is 5.73 Å². The Hall–Kier alpha value is -0.0700. The number of carboxylic acids is 1. The lowest BCUT2D eigenvalue weighted by atomic mass is 10.2. The smallest absolute Gasteiger partial charge is 0.322 e. The topological polar surface area (TPSA) is 75.8 Å². The molecule has 0 aliphatic carbocycles. The van der Waals surface area contributed by atoms with Crippen molar-refractivity contribution < 1.29 is 14.6 Å². The molecule has 1 rings (SSSR count). The number of morpholine rings is 1. The molecule has 0 aromatic carbocycles. The van der Waals surface area contributed by atoms with Crippen LogP contribution in [0.5, 0.6) is 0 Å². The molecule has 1 fully saturated rings. The van der Waals surface area contributed by atoms with Crippen molar-refractivity contribution in [2.75, 3.05) is 32.8 Å². The molecule has 0 radical (unpaired) electrons. The molecule has 7 heteroatoms. The Labute approximate surface area is 95.4 Å². The highest BCUT2D eigenvalue weighted by molar-refractivity contribution is 5.85. The van der Waals surface area contributed by atoms with Crippen LogP contribution in [-0.4, -0.2) is 54.9 Å². The molecule has 5 nitrogen and oxygen atoms in total. The standard InChI is InChI=1S/C7H14N2O3.2ClH/c8-5-6(7(10)11)9-1-3-12-4-2-9;;/h6H,1-5,8H2,(H,10,11);2*1H/t6-;;/m0../s1. The highest BCUT2D eigenvalue weighted by Crippen LogP contribution is 2.02. The van der Waals surface area contributed by atoms with Crippen molar-refractivity contribution in [1.29, 1.82) is 0 Å². The zero-order chi connectivity index (χ0) is 8.97. The second kappa shape index (κ2) is 8.26. The van der Waals surface area contributed by atoms with Gasteiger partial charge in [-0.3, -0.25) is 9.69 Å². The number of ether oxygens (including phenoxy) is 1. The molecular weight excluding hydrogens is 231 g/mol. The van der Waals surface area contributed by atoms with E-state index in [0.29, 0.717) is 26.3 Å².